The SMILES string of the molecule is O=C1CCCC(OOCc2ccccc2)CN1. The normalized spacial score (nSPS) is 20.7. The molecule has 2 rings (SSSR count). The Morgan fingerprint density at radius 3 is 2.94 bits per heavy atom. The summed E-state index contributed by atoms with van der Waals surface area (Å²) in [6.45, 7) is 0.971. The summed E-state index contributed by atoms with van der Waals surface area (Å²) in [5.74, 6) is 0.0964. The first-order valence-corrected chi connectivity index (χ1v) is 5.93. The molecule has 0 saturated carbocycles. The van der Waals surface area contributed by atoms with Crippen molar-refractivity contribution in [1.82, 2.24) is 5.32 Å². The van der Waals surface area contributed by atoms with Crippen molar-refractivity contribution in [3.05, 3.63) is 35.9 Å². The molecule has 0 spiro atoms. The van der Waals surface area contributed by atoms with Crippen LogP contribution in [0.3, 0.4) is 0 Å². The second-order valence-electron chi connectivity index (χ2n) is 4.16. The highest BCUT2D eigenvalue weighted by molar-refractivity contribution is 5.76. The van der Waals surface area contributed by atoms with E-state index in [4.69, 9.17) is 9.78 Å². The number of amides is 1. The molecule has 1 saturated heterocycles. The van der Waals surface area contributed by atoms with Crippen LogP contribution in [0, 0.1) is 0 Å². The summed E-state index contributed by atoms with van der Waals surface area (Å²) in [7, 11) is 0. The van der Waals surface area contributed by atoms with Crippen molar-refractivity contribution in [3.8, 4) is 0 Å². The average Bonchev–Trinajstić information content (AvgIpc) is 2.56. The molecule has 0 radical (unpaired) electrons. The summed E-state index contributed by atoms with van der Waals surface area (Å²) in [6.07, 6.45) is 2.25. The summed E-state index contributed by atoms with van der Waals surface area (Å²) < 4.78 is 0. The minimum Gasteiger partial charge on any atom is -0.353 e. The van der Waals surface area contributed by atoms with Crippen molar-refractivity contribution in [2.75, 3.05) is 6.54 Å². The maximum Gasteiger partial charge on any atom is 0.220 e. The average molecular weight is 235 g/mol. The fourth-order valence-corrected chi connectivity index (χ4v) is 1.76. The van der Waals surface area contributed by atoms with Gasteiger partial charge in [-0.25, -0.2) is 9.78 Å². The molecule has 1 fully saturated rings. The van der Waals surface area contributed by atoms with Crippen LogP contribution in [0.15, 0.2) is 30.3 Å². The van der Waals surface area contributed by atoms with Gasteiger partial charge in [-0.05, 0) is 18.4 Å². The zero-order valence-electron chi connectivity index (χ0n) is 9.72. The van der Waals surface area contributed by atoms with Gasteiger partial charge in [0, 0.05) is 13.0 Å². The number of carbonyl (C=O) groups excluding carboxylic acids is 1. The monoisotopic (exact) mass is 235 g/mol. The molecule has 17 heavy (non-hydrogen) atoms. The minimum atomic E-state index is -0.0369. The van der Waals surface area contributed by atoms with Gasteiger partial charge >= 0.3 is 0 Å². The van der Waals surface area contributed by atoms with Gasteiger partial charge in [-0.2, -0.15) is 0 Å². The topological polar surface area (TPSA) is 47.6 Å². The van der Waals surface area contributed by atoms with Crippen LogP contribution in [0.5, 0.6) is 0 Å². The van der Waals surface area contributed by atoms with Gasteiger partial charge in [-0.1, -0.05) is 30.3 Å². The number of benzene rings is 1. The summed E-state index contributed by atoms with van der Waals surface area (Å²) in [5.41, 5.74) is 1.07. The Bertz CT molecular complexity index is 353. The van der Waals surface area contributed by atoms with Gasteiger partial charge in [-0.15, -0.1) is 0 Å². The van der Waals surface area contributed by atoms with Crippen molar-refractivity contribution >= 4 is 5.91 Å². The van der Waals surface area contributed by atoms with Gasteiger partial charge in [0.05, 0.1) is 0 Å². The van der Waals surface area contributed by atoms with Gasteiger partial charge in [0.2, 0.25) is 5.91 Å². The van der Waals surface area contributed by atoms with Gasteiger partial charge in [-0.3, -0.25) is 4.79 Å². The van der Waals surface area contributed by atoms with E-state index < -0.39 is 0 Å². The van der Waals surface area contributed by atoms with Gasteiger partial charge in [0.15, 0.2) is 0 Å². The molecule has 92 valence electrons. The van der Waals surface area contributed by atoms with E-state index in [0.29, 0.717) is 19.6 Å². The number of rotatable bonds is 4. The lowest BCUT2D eigenvalue weighted by molar-refractivity contribution is -0.332. The lowest BCUT2D eigenvalue weighted by atomic mass is 10.2. The van der Waals surface area contributed by atoms with E-state index in [2.05, 4.69) is 5.32 Å². The van der Waals surface area contributed by atoms with Crippen LogP contribution in [0.2, 0.25) is 0 Å². The van der Waals surface area contributed by atoms with Crippen LogP contribution in [-0.4, -0.2) is 18.6 Å². The summed E-state index contributed by atoms with van der Waals surface area (Å²) in [5, 5.41) is 2.80. The Labute approximate surface area is 101 Å². The Balaban J connectivity index is 1.69. The van der Waals surface area contributed by atoms with Crippen LogP contribution in [-0.2, 0) is 21.2 Å². The van der Waals surface area contributed by atoms with Gasteiger partial charge < -0.3 is 5.32 Å². The summed E-state index contributed by atoms with van der Waals surface area (Å²) >= 11 is 0. The van der Waals surface area contributed by atoms with Crippen molar-refractivity contribution in [2.45, 2.75) is 32.0 Å². The molecule has 1 aliphatic heterocycles. The Hall–Kier alpha value is -1.39. The lowest BCUT2D eigenvalue weighted by Crippen LogP contribution is -2.30. The minimum absolute atomic E-state index is 0.0369. The van der Waals surface area contributed by atoms with E-state index >= 15 is 0 Å². The highest BCUT2D eigenvalue weighted by Crippen LogP contribution is 2.10. The molecule has 1 N–H and O–H groups in total. The quantitative estimate of drug-likeness (QED) is 0.639. The van der Waals surface area contributed by atoms with E-state index in [1.807, 2.05) is 30.3 Å². The van der Waals surface area contributed by atoms with Crippen molar-refractivity contribution < 1.29 is 14.6 Å². The lowest BCUT2D eigenvalue weighted by Gasteiger charge is -2.13. The van der Waals surface area contributed by atoms with Crippen molar-refractivity contribution in [3.63, 3.8) is 0 Å². The first kappa shape index (κ1) is 12.1. The third-order valence-corrected chi connectivity index (χ3v) is 2.73. The maximum atomic E-state index is 11.1. The molecule has 4 heteroatoms. The van der Waals surface area contributed by atoms with Gasteiger partial charge in [0.25, 0.3) is 0 Å². The van der Waals surface area contributed by atoms with Crippen LogP contribution >= 0.6 is 0 Å². The highest BCUT2D eigenvalue weighted by atomic mass is 17.2. The van der Waals surface area contributed by atoms with E-state index in [-0.39, 0.29) is 12.0 Å². The molecule has 1 unspecified atom stereocenters. The standard InChI is InChI=1S/C13H17NO3/c15-13-8-4-7-12(9-14-13)17-16-10-11-5-2-1-3-6-11/h1-3,5-6,12H,4,7-10H2,(H,14,15). The molecule has 1 aromatic rings. The molecule has 1 aromatic carbocycles. The smallest absolute Gasteiger partial charge is 0.220 e. The van der Waals surface area contributed by atoms with E-state index in [1.165, 1.54) is 0 Å². The molecule has 0 aromatic heterocycles. The first-order chi connectivity index (χ1) is 8.34. The van der Waals surface area contributed by atoms with Crippen molar-refractivity contribution in [2.24, 2.45) is 0 Å². The molecule has 1 aliphatic rings. The van der Waals surface area contributed by atoms with Crippen molar-refractivity contribution in [1.29, 1.82) is 0 Å². The Kier molecular flexibility index (Phi) is 4.53. The number of nitrogens with one attached hydrogen (secondary N) is 1. The zero-order chi connectivity index (χ0) is 11.9. The second kappa shape index (κ2) is 6.37. The fraction of sp³-hybridized carbons (Fsp3) is 0.462. The van der Waals surface area contributed by atoms with E-state index in [9.17, 15) is 4.79 Å². The maximum absolute atomic E-state index is 11.1. The summed E-state index contributed by atoms with van der Waals surface area (Å²) in [4.78, 5) is 21.6. The Morgan fingerprint density at radius 2 is 2.12 bits per heavy atom. The highest BCUT2D eigenvalue weighted by Gasteiger charge is 2.16. The molecular weight excluding hydrogens is 218 g/mol. The van der Waals surface area contributed by atoms with E-state index in [0.717, 1.165) is 18.4 Å². The fourth-order valence-electron chi connectivity index (χ4n) is 1.76. The number of hydrogen-bond donors (Lipinski definition) is 1. The van der Waals surface area contributed by atoms with Crippen LogP contribution in [0.1, 0.15) is 24.8 Å². The molecular formula is C13H17NO3. The molecule has 4 nitrogen and oxygen atoms in total. The molecule has 1 amide bonds. The first-order valence-electron chi connectivity index (χ1n) is 5.93. The van der Waals surface area contributed by atoms with E-state index in [1.54, 1.807) is 0 Å². The molecule has 1 atom stereocenters. The molecule has 1 heterocycles. The van der Waals surface area contributed by atoms with Crippen LogP contribution in [0.4, 0.5) is 0 Å². The third-order valence-electron chi connectivity index (χ3n) is 2.73. The van der Waals surface area contributed by atoms with Gasteiger partial charge in [0.1, 0.15) is 12.7 Å². The second-order valence-corrected chi connectivity index (χ2v) is 4.16. The Morgan fingerprint density at radius 1 is 1.29 bits per heavy atom. The molecule has 0 aliphatic carbocycles. The number of carbonyl (C=O) groups is 1. The zero-order valence-corrected chi connectivity index (χ0v) is 9.72. The number of hydrogen-bond acceptors (Lipinski definition) is 3. The molecule has 0 bridgehead atoms. The van der Waals surface area contributed by atoms with Crippen LogP contribution < -0.4 is 5.32 Å². The largest absolute Gasteiger partial charge is 0.353 e. The predicted molar refractivity (Wildman–Crippen MR) is 63.0 cm³/mol. The predicted octanol–water partition coefficient (Wildman–Crippen LogP) is 1.80. The van der Waals surface area contributed by atoms with Crippen LogP contribution in [0.25, 0.3) is 0 Å². The summed E-state index contributed by atoms with van der Waals surface area (Å²) in [6, 6.07) is 9.86. The third kappa shape index (κ3) is 4.17.